The summed E-state index contributed by atoms with van der Waals surface area (Å²) < 4.78 is 0. The van der Waals surface area contributed by atoms with E-state index >= 15 is 0 Å². The Kier molecular flexibility index (Phi) is 4.16. The Morgan fingerprint density at radius 3 is 2.94 bits per heavy atom. The van der Waals surface area contributed by atoms with Crippen molar-refractivity contribution in [1.82, 2.24) is 0 Å². The Hall–Kier alpha value is -2.22. The highest BCUT2D eigenvalue weighted by atomic mass is 16.3. The maximum absolute atomic E-state index is 10.8. The fourth-order valence-electron chi connectivity index (χ4n) is 1.21. The van der Waals surface area contributed by atoms with Crippen LogP contribution in [-0.2, 0) is 4.79 Å². The van der Waals surface area contributed by atoms with Crippen molar-refractivity contribution in [2.75, 3.05) is 17.2 Å². The molecule has 0 saturated carbocycles. The lowest BCUT2D eigenvalue weighted by Gasteiger charge is -2.09. The van der Waals surface area contributed by atoms with Crippen LogP contribution in [-0.4, -0.2) is 17.6 Å². The van der Waals surface area contributed by atoms with Crippen LogP contribution in [0.1, 0.15) is 13.3 Å². The number of nitrogens with zero attached hydrogens (tertiary/aromatic N) is 1. The number of hydrogen-bond acceptors (Lipinski definition) is 4. The molecular formula is C11H13N3O2. The van der Waals surface area contributed by atoms with Gasteiger partial charge in [0.1, 0.15) is 5.75 Å². The van der Waals surface area contributed by atoms with Crippen molar-refractivity contribution in [3.8, 4) is 11.8 Å². The zero-order valence-electron chi connectivity index (χ0n) is 8.95. The molecule has 0 aromatic heterocycles. The fraction of sp³-hybridized carbons (Fsp3) is 0.273. The molecule has 16 heavy (non-hydrogen) atoms. The summed E-state index contributed by atoms with van der Waals surface area (Å²) in [6.45, 7) is 1.86. The van der Waals surface area contributed by atoms with E-state index in [4.69, 9.17) is 5.26 Å². The summed E-state index contributed by atoms with van der Waals surface area (Å²) in [6, 6.07) is 6.70. The van der Waals surface area contributed by atoms with Gasteiger partial charge in [0, 0.05) is 19.2 Å². The lowest BCUT2D eigenvalue weighted by Crippen LogP contribution is -2.07. The third-order valence-corrected chi connectivity index (χ3v) is 1.87. The number of rotatable bonds is 4. The van der Waals surface area contributed by atoms with Gasteiger partial charge in [0.2, 0.25) is 5.91 Å². The van der Waals surface area contributed by atoms with E-state index in [-0.39, 0.29) is 11.7 Å². The summed E-state index contributed by atoms with van der Waals surface area (Å²) in [5.74, 6) is -0.0827. The van der Waals surface area contributed by atoms with E-state index in [1.165, 1.54) is 13.0 Å². The van der Waals surface area contributed by atoms with E-state index in [2.05, 4.69) is 10.6 Å². The normalized spacial score (nSPS) is 9.25. The summed E-state index contributed by atoms with van der Waals surface area (Å²) >= 11 is 0. The zero-order valence-corrected chi connectivity index (χ0v) is 8.95. The Balaban J connectivity index is 2.74. The summed E-state index contributed by atoms with van der Waals surface area (Å²) in [4.78, 5) is 10.8. The standard InChI is InChI=1S/C11H13N3O2/c1-8(15)14-9-3-4-11(16)10(7-9)13-6-2-5-12/h3-4,7,13,16H,2,6H2,1H3,(H,14,15). The smallest absolute Gasteiger partial charge is 0.221 e. The van der Waals surface area contributed by atoms with Crippen molar-refractivity contribution in [2.45, 2.75) is 13.3 Å². The van der Waals surface area contributed by atoms with Crippen LogP contribution in [0.3, 0.4) is 0 Å². The molecule has 3 N–H and O–H groups in total. The van der Waals surface area contributed by atoms with Crippen LogP contribution in [0.15, 0.2) is 18.2 Å². The number of amides is 1. The van der Waals surface area contributed by atoms with Gasteiger partial charge >= 0.3 is 0 Å². The third kappa shape index (κ3) is 3.50. The summed E-state index contributed by atoms with van der Waals surface area (Å²) in [7, 11) is 0. The first-order chi connectivity index (χ1) is 7.63. The molecule has 0 aliphatic heterocycles. The molecule has 1 amide bonds. The maximum atomic E-state index is 10.8. The van der Waals surface area contributed by atoms with Crippen molar-refractivity contribution < 1.29 is 9.90 Å². The molecule has 0 unspecified atom stereocenters. The van der Waals surface area contributed by atoms with E-state index in [9.17, 15) is 9.90 Å². The average Bonchev–Trinajstić information content (AvgIpc) is 2.22. The zero-order chi connectivity index (χ0) is 12.0. The maximum Gasteiger partial charge on any atom is 0.221 e. The largest absolute Gasteiger partial charge is 0.506 e. The molecule has 5 heteroatoms. The van der Waals surface area contributed by atoms with E-state index in [1.807, 2.05) is 6.07 Å². The second-order valence-corrected chi connectivity index (χ2v) is 3.25. The van der Waals surface area contributed by atoms with Gasteiger partial charge in [-0.15, -0.1) is 0 Å². The van der Waals surface area contributed by atoms with Crippen LogP contribution in [0.4, 0.5) is 11.4 Å². The second-order valence-electron chi connectivity index (χ2n) is 3.25. The quantitative estimate of drug-likeness (QED) is 0.408. The third-order valence-electron chi connectivity index (χ3n) is 1.87. The van der Waals surface area contributed by atoms with Gasteiger partial charge in [-0.3, -0.25) is 4.79 Å². The van der Waals surface area contributed by atoms with E-state index in [1.54, 1.807) is 12.1 Å². The van der Waals surface area contributed by atoms with Crippen LogP contribution < -0.4 is 10.6 Å². The molecule has 0 spiro atoms. The number of nitriles is 1. The SMILES string of the molecule is CC(=O)Nc1ccc(O)c(NCCC#N)c1. The number of anilines is 2. The first kappa shape index (κ1) is 11.9. The van der Waals surface area contributed by atoms with Gasteiger partial charge in [0.15, 0.2) is 0 Å². The van der Waals surface area contributed by atoms with Crippen LogP contribution in [0.5, 0.6) is 5.75 Å². The molecule has 0 aliphatic rings. The average molecular weight is 219 g/mol. The van der Waals surface area contributed by atoms with Crippen LogP contribution in [0, 0.1) is 11.3 Å². The molecule has 1 aromatic rings. The molecule has 84 valence electrons. The molecule has 0 atom stereocenters. The summed E-state index contributed by atoms with van der Waals surface area (Å²) in [5, 5.41) is 23.4. The molecule has 5 nitrogen and oxygen atoms in total. The number of phenols is 1. The molecule has 0 radical (unpaired) electrons. The molecule has 0 heterocycles. The molecule has 1 aromatic carbocycles. The number of benzene rings is 1. The van der Waals surface area contributed by atoms with Gasteiger partial charge in [0.25, 0.3) is 0 Å². The van der Waals surface area contributed by atoms with Gasteiger partial charge < -0.3 is 15.7 Å². The number of carbonyl (C=O) groups is 1. The number of nitrogens with one attached hydrogen (secondary N) is 2. The Labute approximate surface area is 93.7 Å². The molecule has 0 bridgehead atoms. The van der Waals surface area contributed by atoms with Crippen LogP contribution in [0.2, 0.25) is 0 Å². The number of hydrogen-bond donors (Lipinski definition) is 3. The summed E-state index contributed by atoms with van der Waals surface area (Å²) in [6.07, 6.45) is 0.351. The Morgan fingerprint density at radius 1 is 1.56 bits per heavy atom. The van der Waals surface area contributed by atoms with Gasteiger partial charge in [-0.05, 0) is 18.2 Å². The lowest BCUT2D eigenvalue weighted by atomic mass is 10.2. The first-order valence-corrected chi connectivity index (χ1v) is 4.85. The highest BCUT2D eigenvalue weighted by Crippen LogP contribution is 2.26. The highest BCUT2D eigenvalue weighted by Gasteiger charge is 2.03. The summed E-state index contributed by atoms with van der Waals surface area (Å²) in [5.41, 5.74) is 1.10. The number of phenolic OH excluding ortho intramolecular Hbond substituents is 1. The monoisotopic (exact) mass is 219 g/mol. The molecule has 0 saturated heterocycles. The van der Waals surface area contributed by atoms with Gasteiger partial charge in [-0.25, -0.2) is 0 Å². The molecular weight excluding hydrogens is 206 g/mol. The second kappa shape index (κ2) is 5.61. The highest BCUT2D eigenvalue weighted by molar-refractivity contribution is 5.89. The van der Waals surface area contributed by atoms with Crippen molar-refractivity contribution in [1.29, 1.82) is 5.26 Å². The van der Waals surface area contributed by atoms with E-state index in [0.29, 0.717) is 24.3 Å². The Bertz CT molecular complexity index is 424. The topological polar surface area (TPSA) is 85.2 Å². The minimum atomic E-state index is -0.173. The van der Waals surface area contributed by atoms with Crippen molar-refractivity contribution >= 4 is 17.3 Å². The van der Waals surface area contributed by atoms with Crippen molar-refractivity contribution in [3.63, 3.8) is 0 Å². The van der Waals surface area contributed by atoms with Crippen LogP contribution in [0.25, 0.3) is 0 Å². The lowest BCUT2D eigenvalue weighted by molar-refractivity contribution is -0.114. The molecule has 1 rings (SSSR count). The fourth-order valence-corrected chi connectivity index (χ4v) is 1.21. The van der Waals surface area contributed by atoms with Crippen LogP contribution >= 0.6 is 0 Å². The first-order valence-electron chi connectivity index (χ1n) is 4.85. The molecule has 0 aliphatic carbocycles. The van der Waals surface area contributed by atoms with Gasteiger partial charge in [-0.1, -0.05) is 0 Å². The van der Waals surface area contributed by atoms with E-state index < -0.39 is 0 Å². The van der Waals surface area contributed by atoms with Crippen molar-refractivity contribution in [3.05, 3.63) is 18.2 Å². The molecule has 0 fully saturated rings. The van der Waals surface area contributed by atoms with Gasteiger partial charge in [0.05, 0.1) is 18.2 Å². The predicted molar refractivity (Wildman–Crippen MR) is 61.1 cm³/mol. The minimum Gasteiger partial charge on any atom is -0.506 e. The van der Waals surface area contributed by atoms with Gasteiger partial charge in [-0.2, -0.15) is 5.26 Å². The van der Waals surface area contributed by atoms with E-state index in [0.717, 1.165) is 0 Å². The predicted octanol–water partition coefficient (Wildman–Crippen LogP) is 1.68. The number of aromatic hydroxyl groups is 1. The van der Waals surface area contributed by atoms with Crippen molar-refractivity contribution in [2.24, 2.45) is 0 Å². The Morgan fingerprint density at radius 2 is 2.31 bits per heavy atom. The number of carbonyl (C=O) groups excluding carboxylic acids is 1. The minimum absolute atomic E-state index is 0.0899.